The molecule has 3 nitrogen and oxygen atoms in total. The second-order valence-corrected chi connectivity index (χ2v) is 8.86. The van der Waals surface area contributed by atoms with Crippen LogP contribution in [-0.4, -0.2) is 34.6 Å². The van der Waals surface area contributed by atoms with Crippen LogP contribution in [0.5, 0.6) is 0 Å². The predicted molar refractivity (Wildman–Crippen MR) is 88.2 cm³/mol. The molecule has 3 saturated carbocycles. The smallest absolute Gasteiger partial charge is 0.178 e. The summed E-state index contributed by atoms with van der Waals surface area (Å²) in [4.78, 5) is 24.4. The van der Waals surface area contributed by atoms with Crippen molar-refractivity contribution >= 4 is 11.6 Å². The number of aliphatic hydroxyl groups is 1. The van der Waals surface area contributed by atoms with Gasteiger partial charge in [0.25, 0.3) is 0 Å². The molecule has 0 spiro atoms. The van der Waals surface area contributed by atoms with Crippen LogP contribution >= 0.6 is 0 Å². The number of rotatable bonds is 0. The summed E-state index contributed by atoms with van der Waals surface area (Å²) in [5, 5.41) is 10.8. The lowest BCUT2D eigenvalue weighted by Gasteiger charge is -2.61. The third-order valence-electron chi connectivity index (χ3n) is 7.64. The summed E-state index contributed by atoms with van der Waals surface area (Å²) in [5.74, 6) is -1.53. The molecular weight excluding hydrogens is 326 g/mol. The predicted octanol–water partition coefficient (Wildman–Crippen LogP) is 3.12. The minimum absolute atomic E-state index is 0.0508. The SMILES string of the molecule is C[C@@H]1CC2C3C[C@H](F)C4=CC(=O)C=C[C@]4(C)[C@@]3(F)C(O)C[C@]2(C)C1=O. The van der Waals surface area contributed by atoms with Crippen LogP contribution in [0.4, 0.5) is 8.78 Å². The molecule has 0 saturated heterocycles. The van der Waals surface area contributed by atoms with Crippen molar-refractivity contribution in [1.82, 2.24) is 0 Å². The van der Waals surface area contributed by atoms with Crippen LogP contribution in [0.15, 0.2) is 23.8 Å². The summed E-state index contributed by atoms with van der Waals surface area (Å²) < 4.78 is 31.6. The van der Waals surface area contributed by atoms with Crippen molar-refractivity contribution in [2.75, 3.05) is 0 Å². The summed E-state index contributed by atoms with van der Waals surface area (Å²) in [7, 11) is 0. The molecule has 0 radical (unpaired) electrons. The largest absolute Gasteiger partial charge is 0.390 e. The third-order valence-corrected chi connectivity index (χ3v) is 7.64. The molecule has 0 aromatic heterocycles. The molecule has 5 heteroatoms. The minimum atomic E-state index is -2.08. The first kappa shape index (κ1) is 17.1. The maximum absolute atomic E-state index is 16.6. The molecule has 0 amide bonds. The van der Waals surface area contributed by atoms with Crippen LogP contribution in [0.3, 0.4) is 0 Å². The Balaban J connectivity index is 1.88. The van der Waals surface area contributed by atoms with Crippen molar-refractivity contribution in [2.45, 2.75) is 58.0 Å². The van der Waals surface area contributed by atoms with Crippen molar-refractivity contribution in [2.24, 2.45) is 28.6 Å². The van der Waals surface area contributed by atoms with Crippen molar-refractivity contribution < 1.29 is 23.5 Å². The topological polar surface area (TPSA) is 54.4 Å². The Morgan fingerprint density at radius 3 is 2.56 bits per heavy atom. The van der Waals surface area contributed by atoms with Crippen LogP contribution in [0, 0.1) is 28.6 Å². The summed E-state index contributed by atoms with van der Waals surface area (Å²) in [6.45, 7) is 5.21. The van der Waals surface area contributed by atoms with E-state index in [1.54, 1.807) is 13.8 Å². The van der Waals surface area contributed by atoms with Crippen molar-refractivity contribution in [3.63, 3.8) is 0 Å². The Kier molecular flexibility index (Phi) is 3.33. The normalized spacial score (nSPS) is 54.6. The van der Waals surface area contributed by atoms with E-state index in [1.807, 2.05) is 6.92 Å². The Hall–Kier alpha value is -1.36. The molecule has 25 heavy (non-hydrogen) atoms. The number of aliphatic hydroxyl groups excluding tert-OH is 1. The van der Waals surface area contributed by atoms with E-state index in [1.165, 1.54) is 18.2 Å². The number of alkyl halides is 2. The summed E-state index contributed by atoms with van der Waals surface area (Å²) >= 11 is 0. The van der Waals surface area contributed by atoms with E-state index in [2.05, 4.69) is 0 Å². The zero-order valence-corrected chi connectivity index (χ0v) is 14.8. The second kappa shape index (κ2) is 4.87. The molecular formula is C20H24F2O3. The standard InChI is InChI=1S/C20H24F2O3/c1-10-6-12-13-8-15(21)14-7-11(23)4-5-19(14,3)20(13,22)16(24)9-18(12,2)17(10)25/h4-5,7,10,12-13,15-16,24H,6,8-9H2,1-3H3/t10-,12?,13?,15+,16?,18+,19+,20+/m1/s1. The van der Waals surface area contributed by atoms with Gasteiger partial charge in [0, 0.05) is 22.7 Å². The fourth-order valence-electron chi connectivity index (χ4n) is 6.32. The molecule has 8 atom stereocenters. The number of hydrogen-bond acceptors (Lipinski definition) is 3. The number of halogens is 2. The molecule has 4 aliphatic carbocycles. The molecule has 1 N–H and O–H groups in total. The van der Waals surface area contributed by atoms with Crippen molar-refractivity contribution in [3.05, 3.63) is 23.8 Å². The van der Waals surface area contributed by atoms with Gasteiger partial charge in [-0.15, -0.1) is 0 Å². The Bertz CT molecular complexity index is 728. The first-order valence-electron chi connectivity index (χ1n) is 9.06. The van der Waals surface area contributed by atoms with E-state index in [0.29, 0.717) is 6.42 Å². The van der Waals surface area contributed by atoms with Gasteiger partial charge in [-0.3, -0.25) is 9.59 Å². The summed E-state index contributed by atoms with van der Waals surface area (Å²) in [5.41, 5.74) is -4.12. The van der Waals surface area contributed by atoms with Crippen LogP contribution in [0.1, 0.15) is 40.0 Å². The van der Waals surface area contributed by atoms with E-state index in [4.69, 9.17) is 0 Å². The Morgan fingerprint density at radius 1 is 1.20 bits per heavy atom. The molecule has 3 fully saturated rings. The lowest BCUT2D eigenvalue weighted by molar-refractivity contribution is -0.196. The van der Waals surface area contributed by atoms with Gasteiger partial charge in [-0.25, -0.2) is 8.78 Å². The van der Waals surface area contributed by atoms with Gasteiger partial charge in [-0.2, -0.15) is 0 Å². The van der Waals surface area contributed by atoms with Crippen LogP contribution in [0.25, 0.3) is 0 Å². The van der Waals surface area contributed by atoms with Gasteiger partial charge >= 0.3 is 0 Å². The monoisotopic (exact) mass is 350 g/mol. The highest BCUT2D eigenvalue weighted by molar-refractivity contribution is 6.01. The average molecular weight is 350 g/mol. The molecule has 0 aliphatic heterocycles. The van der Waals surface area contributed by atoms with E-state index in [0.717, 1.165) is 0 Å². The molecule has 0 heterocycles. The highest BCUT2D eigenvalue weighted by atomic mass is 19.1. The van der Waals surface area contributed by atoms with Crippen LogP contribution in [0.2, 0.25) is 0 Å². The number of fused-ring (bicyclic) bond motifs is 5. The lowest BCUT2D eigenvalue weighted by Crippen LogP contribution is -2.68. The van der Waals surface area contributed by atoms with Gasteiger partial charge in [0.15, 0.2) is 11.5 Å². The number of carbonyl (C=O) groups excluding carboxylic acids is 2. The number of hydrogen-bond donors (Lipinski definition) is 1. The van der Waals surface area contributed by atoms with E-state index >= 15 is 4.39 Å². The fraction of sp³-hybridized carbons (Fsp3) is 0.700. The molecule has 4 aliphatic rings. The molecule has 0 aromatic carbocycles. The van der Waals surface area contributed by atoms with Crippen LogP contribution in [-0.2, 0) is 9.59 Å². The van der Waals surface area contributed by atoms with Gasteiger partial charge in [-0.05, 0) is 49.8 Å². The first-order chi connectivity index (χ1) is 11.6. The molecule has 3 unspecified atom stereocenters. The maximum Gasteiger partial charge on any atom is 0.178 e. The Labute approximate surface area is 146 Å². The quantitative estimate of drug-likeness (QED) is 0.730. The van der Waals surface area contributed by atoms with Crippen molar-refractivity contribution in [3.8, 4) is 0 Å². The number of Topliss-reactive ketones (excluding diaryl/α,β-unsaturated/α-hetero) is 1. The number of ketones is 2. The second-order valence-electron chi connectivity index (χ2n) is 8.86. The lowest BCUT2D eigenvalue weighted by atomic mass is 9.45. The van der Waals surface area contributed by atoms with Crippen LogP contribution < -0.4 is 0 Å². The van der Waals surface area contributed by atoms with Gasteiger partial charge in [0.2, 0.25) is 0 Å². The first-order valence-corrected chi connectivity index (χ1v) is 9.06. The third kappa shape index (κ3) is 1.83. The fourth-order valence-corrected chi connectivity index (χ4v) is 6.32. The zero-order chi connectivity index (χ0) is 18.4. The minimum Gasteiger partial charge on any atom is -0.390 e. The van der Waals surface area contributed by atoms with E-state index < -0.39 is 34.7 Å². The highest BCUT2D eigenvalue weighted by Gasteiger charge is 2.72. The molecule has 136 valence electrons. The Morgan fingerprint density at radius 2 is 1.88 bits per heavy atom. The molecule has 0 bridgehead atoms. The van der Waals surface area contributed by atoms with Crippen molar-refractivity contribution in [1.29, 1.82) is 0 Å². The van der Waals surface area contributed by atoms with Gasteiger partial charge in [0.1, 0.15) is 12.0 Å². The number of carbonyl (C=O) groups is 2. The average Bonchev–Trinajstić information content (AvgIpc) is 2.76. The van der Waals surface area contributed by atoms with Gasteiger partial charge in [-0.1, -0.05) is 19.9 Å². The summed E-state index contributed by atoms with van der Waals surface area (Å²) in [6, 6.07) is 0. The van der Waals surface area contributed by atoms with Gasteiger partial charge < -0.3 is 5.11 Å². The van der Waals surface area contributed by atoms with Gasteiger partial charge in [0.05, 0.1) is 6.10 Å². The zero-order valence-electron chi connectivity index (χ0n) is 14.8. The molecule has 0 aromatic rings. The summed E-state index contributed by atoms with van der Waals surface area (Å²) in [6.07, 6.45) is 1.57. The molecule has 4 rings (SSSR count). The number of allylic oxidation sites excluding steroid dienone is 4. The van der Waals surface area contributed by atoms with E-state index in [-0.39, 0.29) is 41.8 Å². The maximum atomic E-state index is 16.6. The highest BCUT2D eigenvalue weighted by Crippen LogP contribution is 2.67. The van der Waals surface area contributed by atoms with E-state index in [9.17, 15) is 19.1 Å².